The van der Waals surface area contributed by atoms with Gasteiger partial charge >= 0.3 is 5.97 Å². The molecule has 0 atom stereocenters. The molecule has 0 bridgehead atoms. The Kier molecular flexibility index (Phi) is 30.4. The lowest BCUT2D eigenvalue weighted by atomic mass is 10.7. The Morgan fingerprint density at radius 1 is 1.25 bits per heavy atom. The van der Waals surface area contributed by atoms with Crippen LogP contribution in [0.5, 0.6) is 0 Å². The van der Waals surface area contributed by atoms with E-state index in [-0.39, 0.29) is 19.2 Å². The van der Waals surface area contributed by atoms with Gasteiger partial charge in [0, 0.05) is 20.1 Å². The maximum absolute atomic E-state index is 9.93. The molecule has 0 rings (SSSR count). The summed E-state index contributed by atoms with van der Waals surface area (Å²) in [6.07, 6.45) is 1.53. The average Bonchev–Trinajstić information content (AvgIpc) is 2.28. The Balaban J connectivity index is -0.000000166. The zero-order valence-corrected chi connectivity index (χ0v) is 10.4. The molecule has 0 radical (unpaired) electrons. The van der Waals surface area contributed by atoms with Crippen molar-refractivity contribution in [1.82, 2.24) is 0 Å². The molecule has 0 aromatic carbocycles. The van der Waals surface area contributed by atoms with Crippen molar-refractivity contribution in [3.8, 4) is 0 Å². The van der Waals surface area contributed by atoms with Gasteiger partial charge in [-0.3, -0.25) is 4.79 Å². The number of rotatable bonds is 5. The van der Waals surface area contributed by atoms with Gasteiger partial charge < -0.3 is 19.7 Å². The van der Waals surface area contributed by atoms with Crippen LogP contribution in [-0.4, -0.2) is 49.2 Å². The Labute approximate surface area is 97.7 Å². The van der Waals surface area contributed by atoms with Crippen molar-refractivity contribution >= 4 is 5.97 Å². The number of esters is 1. The van der Waals surface area contributed by atoms with E-state index in [0.717, 1.165) is 13.2 Å². The summed E-state index contributed by atoms with van der Waals surface area (Å²) in [6.45, 7) is 10.5. The molecule has 0 saturated carbocycles. The van der Waals surface area contributed by atoms with E-state index in [9.17, 15) is 4.79 Å². The summed E-state index contributed by atoms with van der Waals surface area (Å²) < 4.78 is 9.27. The monoisotopic (exact) mass is 236 g/mol. The van der Waals surface area contributed by atoms with Crippen LogP contribution >= 0.6 is 0 Å². The van der Waals surface area contributed by atoms with Crippen LogP contribution in [0.15, 0.2) is 12.7 Å². The molecule has 0 aliphatic rings. The minimum atomic E-state index is -0.264. The molecule has 0 spiro atoms. The first-order chi connectivity index (χ1) is 7.60. The Morgan fingerprint density at radius 2 is 1.69 bits per heavy atom. The minimum Gasteiger partial charge on any atom is -0.462 e. The third kappa shape index (κ3) is 51.6. The smallest absolute Gasteiger partial charge is 0.302 e. The lowest BCUT2D eigenvalue weighted by Gasteiger charge is -1.90. The lowest BCUT2D eigenvalue weighted by molar-refractivity contribution is -0.139. The summed E-state index contributed by atoms with van der Waals surface area (Å²) in [5, 5.41) is 15.2. The molecule has 0 heterocycles. The van der Waals surface area contributed by atoms with Gasteiger partial charge in [-0.1, -0.05) is 12.7 Å². The first-order valence-corrected chi connectivity index (χ1v) is 5.14. The van der Waals surface area contributed by atoms with Crippen LogP contribution in [0.1, 0.15) is 20.8 Å². The summed E-state index contributed by atoms with van der Waals surface area (Å²) >= 11 is 0. The lowest BCUT2D eigenvalue weighted by Crippen LogP contribution is -1.96. The molecule has 0 amide bonds. The van der Waals surface area contributed by atoms with Crippen LogP contribution in [0, 0.1) is 0 Å². The summed E-state index contributed by atoms with van der Waals surface area (Å²) in [5.74, 6) is -0.264. The molecule has 5 heteroatoms. The predicted molar refractivity (Wildman–Crippen MR) is 63.2 cm³/mol. The van der Waals surface area contributed by atoms with Crippen LogP contribution in [0.25, 0.3) is 0 Å². The Bertz CT molecular complexity index is 132. The second kappa shape index (κ2) is 23.7. The maximum Gasteiger partial charge on any atom is 0.302 e. The largest absolute Gasteiger partial charge is 0.462 e. The summed E-state index contributed by atoms with van der Waals surface area (Å²) in [5.41, 5.74) is 0. The quantitative estimate of drug-likeness (QED) is 0.544. The standard InChI is InChI=1S/C5H8O2.C4H10O.C2H6O2/c1-3-4-7-5(2)6;1-3-5-4-2;3-1-2-4/h3H,1,4H2,2H3;3-4H2,1-2H3;3-4H,1-2H2. The molecular formula is C11H24O5. The van der Waals surface area contributed by atoms with Gasteiger partial charge in [-0.25, -0.2) is 0 Å². The SMILES string of the molecule is C=CCOC(C)=O.CCOCC.OCCO. The molecule has 0 aromatic heterocycles. The fourth-order valence-electron chi connectivity index (χ4n) is 0.380. The molecule has 0 unspecified atom stereocenters. The summed E-state index contributed by atoms with van der Waals surface area (Å²) in [4.78, 5) is 9.93. The van der Waals surface area contributed by atoms with E-state index in [0.29, 0.717) is 6.61 Å². The topological polar surface area (TPSA) is 76.0 Å². The molecule has 2 N–H and O–H groups in total. The zero-order valence-electron chi connectivity index (χ0n) is 10.4. The van der Waals surface area contributed by atoms with Gasteiger partial charge in [-0.05, 0) is 13.8 Å². The third-order valence-corrected chi connectivity index (χ3v) is 0.913. The molecule has 98 valence electrons. The highest BCUT2D eigenvalue weighted by atomic mass is 16.5. The van der Waals surface area contributed by atoms with Crippen molar-refractivity contribution in [3.63, 3.8) is 0 Å². The van der Waals surface area contributed by atoms with E-state index in [1.807, 2.05) is 13.8 Å². The number of carbonyl (C=O) groups excluding carboxylic acids is 1. The number of carbonyl (C=O) groups is 1. The predicted octanol–water partition coefficient (Wildman–Crippen LogP) is 0.749. The van der Waals surface area contributed by atoms with Crippen molar-refractivity contribution in [1.29, 1.82) is 0 Å². The molecule has 16 heavy (non-hydrogen) atoms. The Hall–Kier alpha value is -0.910. The van der Waals surface area contributed by atoms with Gasteiger partial charge in [-0.2, -0.15) is 0 Å². The fourth-order valence-corrected chi connectivity index (χ4v) is 0.380. The van der Waals surface area contributed by atoms with Gasteiger partial charge in [0.05, 0.1) is 13.2 Å². The maximum atomic E-state index is 9.93. The first kappa shape index (κ1) is 20.5. The molecule has 0 aliphatic heterocycles. The van der Waals surface area contributed by atoms with Crippen LogP contribution < -0.4 is 0 Å². The second-order valence-electron chi connectivity index (χ2n) is 2.32. The number of aliphatic hydroxyl groups is 2. The van der Waals surface area contributed by atoms with E-state index in [1.54, 1.807) is 0 Å². The Morgan fingerprint density at radius 3 is 1.75 bits per heavy atom. The molecule has 0 saturated heterocycles. The van der Waals surface area contributed by atoms with E-state index in [2.05, 4.69) is 11.3 Å². The van der Waals surface area contributed by atoms with Crippen molar-refractivity contribution in [2.75, 3.05) is 33.0 Å². The normalized spacial score (nSPS) is 7.81. The highest BCUT2D eigenvalue weighted by Gasteiger charge is 1.83. The van der Waals surface area contributed by atoms with Crippen molar-refractivity contribution < 1.29 is 24.5 Å². The number of ether oxygens (including phenoxy) is 2. The summed E-state index contributed by atoms with van der Waals surface area (Å²) in [7, 11) is 0. The number of hydrogen-bond donors (Lipinski definition) is 2. The van der Waals surface area contributed by atoms with E-state index in [1.165, 1.54) is 13.0 Å². The van der Waals surface area contributed by atoms with Gasteiger partial charge in [0.25, 0.3) is 0 Å². The van der Waals surface area contributed by atoms with Crippen molar-refractivity contribution in [2.24, 2.45) is 0 Å². The minimum absolute atomic E-state index is 0.125. The first-order valence-electron chi connectivity index (χ1n) is 5.14. The summed E-state index contributed by atoms with van der Waals surface area (Å²) in [6, 6.07) is 0. The number of hydrogen-bond acceptors (Lipinski definition) is 5. The van der Waals surface area contributed by atoms with Gasteiger partial charge in [-0.15, -0.1) is 0 Å². The molecule has 0 aliphatic carbocycles. The fraction of sp³-hybridized carbons (Fsp3) is 0.727. The van der Waals surface area contributed by atoms with E-state index in [4.69, 9.17) is 14.9 Å². The average molecular weight is 236 g/mol. The van der Waals surface area contributed by atoms with Gasteiger partial charge in [0.15, 0.2) is 0 Å². The number of aliphatic hydroxyl groups excluding tert-OH is 2. The van der Waals surface area contributed by atoms with Crippen LogP contribution in [0.2, 0.25) is 0 Å². The molecular weight excluding hydrogens is 212 g/mol. The molecule has 0 fully saturated rings. The second-order valence-corrected chi connectivity index (χ2v) is 2.32. The third-order valence-electron chi connectivity index (χ3n) is 0.913. The molecule has 5 nitrogen and oxygen atoms in total. The van der Waals surface area contributed by atoms with Crippen LogP contribution in [0.3, 0.4) is 0 Å². The van der Waals surface area contributed by atoms with Crippen LogP contribution in [0.4, 0.5) is 0 Å². The zero-order chi connectivity index (χ0) is 13.2. The van der Waals surface area contributed by atoms with E-state index < -0.39 is 0 Å². The van der Waals surface area contributed by atoms with Crippen LogP contribution in [-0.2, 0) is 14.3 Å². The van der Waals surface area contributed by atoms with Crippen molar-refractivity contribution in [3.05, 3.63) is 12.7 Å². The van der Waals surface area contributed by atoms with Crippen molar-refractivity contribution in [2.45, 2.75) is 20.8 Å². The van der Waals surface area contributed by atoms with E-state index >= 15 is 0 Å². The van der Waals surface area contributed by atoms with Gasteiger partial charge in [0.2, 0.25) is 0 Å². The van der Waals surface area contributed by atoms with Gasteiger partial charge in [0.1, 0.15) is 6.61 Å². The highest BCUT2D eigenvalue weighted by Crippen LogP contribution is 1.73. The molecule has 0 aromatic rings. The highest BCUT2D eigenvalue weighted by molar-refractivity contribution is 5.65.